The maximum absolute atomic E-state index is 13.3. The molecule has 1 aromatic rings. The van der Waals surface area contributed by atoms with E-state index in [1.807, 2.05) is 17.9 Å². The zero-order valence-electron chi connectivity index (χ0n) is 15.4. The number of amides is 1. The van der Waals surface area contributed by atoms with Gasteiger partial charge in [0.05, 0.1) is 12.1 Å². The third-order valence-electron chi connectivity index (χ3n) is 6.38. The molecule has 1 aromatic carbocycles. The number of nitrogens with one attached hydrogen (secondary N) is 1. The monoisotopic (exact) mass is 342 g/mol. The van der Waals surface area contributed by atoms with Crippen LogP contribution in [0.3, 0.4) is 0 Å². The highest BCUT2D eigenvalue weighted by molar-refractivity contribution is 5.98. The van der Waals surface area contributed by atoms with E-state index in [1.54, 1.807) is 0 Å². The zero-order valence-corrected chi connectivity index (χ0v) is 15.4. The number of benzene rings is 1. The molecule has 0 bridgehead atoms. The first-order valence-corrected chi connectivity index (χ1v) is 9.94. The van der Waals surface area contributed by atoms with Gasteiger partial charge in [-0.05, 0) is 64.0 Å². The number of hydrogen-bond donors (Lipinski definition) is 1. The lowest BCUT2D eigenvalue weighted by atomic mass is 9.81. The van der Waals surface area contributed by atoms with Crippen molar-refractivity contribution < 1.29 is 9.53 Å². The van der Waals surface area contributed by atoms with Crippen LogP contribution < -0.4 is 10.2 Å². The summed E-state index contributed by atoms with van der Waals surface area (Å²) < 4.78 is 5.87. The molecule has 5 atom stereocenters. The number of carbonyl (C=O) groups is 1. The molecule has 0 aromatic heterocycles. The van der Waals surface area contributed by atoms with Crippen molar-refractivity contribution in [2.75, 3.05) is 11.5 Å². The van der Waals surface area contributed by atoms with E-state index >= 15 is 0 Å². The Labute approximate surface area is 150 Å². The number of aryl methyl sites for hydroxylation is 1. The number of ether oxygens (including phenoxy) is 1. The second kappa shape index (κ2) is 7.08. The summed E-state index contributed by atoms with van der Waals surface area (Å²) in [5.74, 6) is 0.788. The third kappa shape index (κ3) is 3.22. The molecular formula is C21H30N2O2. The van der Waals surface area contributed by atoms with E-state index in [4.69, 9.17) is 4.74 Å². The van der Waals surface area contributed by atoms with Gasteiger partial charge in [-0.25, -0.2) is 0 Å². The standard InChI is InChI=1S/C21H30N2O2/c1-14-10-11-16-6-3-4-8-19(16)23(14)21(24)15(2)22-18-7-5-9-20-17(18)12-13-25-20/h3-4,6,8,14-15,17-18,20,22H,5,7,9-13H2,1-2H3/t14-,15+,17-,18-,20+/m1/s1. The molecule has 25 heavy (non-hydrogen) atoms. The average molecular weight is 342 g/mol. The molecule has 2 fully saturated rings. The molecule has 0 radical (unpaired) electrons. The van der Waals surface area contributed by atoms with Gasteiger partial charge < -0.3 is 15.0 Å². The van der Waals surface area contributed by atoms with Crippen LogP contribution in [-0.2, 0) is 16.0 Å². The second-order valence-corrected chi connectivity index (χ2v) is 8.01. The minimum Gasteiger partial charge on any atom is -0.378 e. The normalized spacial score (nSPS) is 32.8. The van der Waals surface area contributed by atoms with Gasteiger partial charge in [0.2, 0.25) is 5.91 Å². The van der Waals surface area contributed by atoms with Crippen LogP contribution >= 0.6 is 0 Å². The fourth-order valence-electron chi connectivity index (χ4n) is 5.01. The molecule has 4 rings (SSSR count). The predicted molar refractivity (Wildman–Crippen MR) is 99.8 cm³/mol. The molecule has 1 saturated heterocycles. The van der Waals surface area contributed by atoms with Gasteiger partial charge in [0, 0.05) is 30.3 Å². The summed E-state index contributed by atoms with van der Waals surface area (Å²) in [6.45, 7) is 5.08. The van der Waals surface area contributed by atoms with Crippen molar-refractivity contribution in [3.8, 4) is 0 Å². The van der Waals surface area contributed by atoms with Gasteiger partial charge >= 0.3 is 0 Å². The number of hydrogen-bond acceptors (Lipinski definition) is 3. The molecule has 4 nitrogen and oxygen atoms in total. The minimum absolute atomic E-state index is 0.155. The number of nitrogens with zero attached hydrogens (tertiary/aromatic N) is 1. The molecule has 1 saturated carbocycles. The first-order valence-electron chi connectivity index (χ1n) is 9.94. The van der Waals surface area contributed by atoms with Crippen LogP contribution in [0.1, 0.15) is 51.5 Å². The lowest BCUT2D eigenvalue weighted by Crippen LogP contribution is -2.55. The third-order valence-corrected chi connectivity index (χ3v) is 6.38. The Morgan fingerprint density at radius 3 is 2.96 bits per heavy atom. The van der Waals surface area contributed by atoms with Gasteiger partial charge in [-0.1, -0.05) is 18.2 Å². The van der Waals surface area contributed by atoms with Crippen LogP contribution in [0.5, 0.6) is 0 Å². The summed E-state index contributed by atoms with van der Waals surface area (Å²) in [6.07, 6.45) is 7.18. The lowest BCUT2D eigenvalue weighted by molar-refractivity contribution is -0.121. The highest BCUT2D eigenvalue weighted by Crippen LogP contribution is 2.35. The van der Waals surface area contributed by atoms with Crippen LogP contribution in [0.2, 0.25) is 0 Å². The molecule has 0 spiro atoms. The van der Waals surface area contributed by atoms with Gasteiger partial charge in [0.1, 0.15) is 0 Å². The fraction of sp³-hybridized carbons (Fsp3) is 0.667. The summed E-state index contributed by atoms with van der Waals surface area (Å²) in [6, 6.07) is 8.88. The Hall–Kier alpha value is -1.39. The van der Waals surface area contributed by atoms with Crippen molar-refractivity contribution in [2.24, 2.45) is 5.92 Å². The Bertz CT molecular complexity index is 632. The van der Waals surface area contributed by atoms with Gasteiger partial charge in [-0.15, -0.1) is 0 Å². The molecule has 1 N–H and O–H groups in total. The van der Waals surface area contributed by atoms with Crippen LogP contribution in [-0.4, -0.2) is 36.7 Å². The van der Waals surface area contributed by atoms with E-state index in [1.165, 1.54) is 18.4 Å². The molecule has 2 heterocycles. The van der Waals surface area contributed by atoms with Gasteiger partial charge in [-0.2, -0.15) is 0 Å². The summed E-state index contributed by atoms with van der Waals surface area (Å²) in [4.78, 5) is 15.3. The van der Waals surface area contributed by atoms with E-state index in [-0.39, 0.29) is 18.0 Å². The van der Waals surface area contributed by atoms with Crippen LogP contribution in [0, 0.1) is 5.92 Å². The van der Waals surface area contributed by atoms with Crippen LogP contribution in [0.4, 0.5) is 5.69 Å². The van der Waals surface area contributed by atoms with Crippen molar-refractivity contribution in [1.82, 2.24) is 5.32 Å². The minimum atomic E-state index is -0.155. The molecule has 3 aliphatic rings. The highest BCUT2D eigenvalue weighted by atomic mass is 16.5. The number of anilines is 1. The number of carbonyl (C=O) groups excluding carboxylic acids is 1. The largest absolute Gasteiger partial charge is 0.378 e. The smallest absolute Gasteiger partial charge is 0.244 e. The molecular weight excluding hydrogens is 312 g/mol. The Morgan fingerprint density at radius 2 is 2.08 bits per heavy atom. The van der Waals surface area contributed by atoms with Crippen molar-refractivity contribution >= 4 is 11.6 Å². The van der Waals surface area contributed by atoms with Crippen molar-refractivity contribution in [3.63, 3.8) is 0 Å². The van der Waals surface area contributed by atoms with Gasteiger partial charge in [0.15, 0.2) is 0 Å². The fourth-order valence-corrected chi connectivity index (χ4v) is 5.01. The molecule has 2 aliphatic heterocycles. The zero-order chi connectivity index (χ0) is 17.4. The lowest BCUT2D eigenvalue weighted by Gasteiger charge is -2.39. The molecule has 1 aliphatic carbocycles. The summed E-state index contributed by atoms with van der Waals surface area (Å²) in [5.41, 5.74) is 2.40. The highest BCUT2D eigenvalue weighted by Gasteiger charge is 2.39. The maximum Gasteiger partial charge on any atom is 0.244 e. The topological polar surface area (TPSA) is 41.6 Å². The molecule has 0 unspecified atom stereocenters. The maximum atomic E-state index is 13.3. The Morgan fingerprint density at radius 1 is 1.24 bits per heavy atom. The Balaban J connectivity index is 1.48. The average Bonchev–Trinajstić information content (AvgIpc) is 3.11. The van der Waals surface area contributed by atoms with Crippen molar-refractivity contribution in [3.05, 3.63) is 29.8 Å². The number of para-hydroxylation sites is 1. The first-order chi connectivity index (χ1) is 12.1. The summed E-state index contributed by atoms with van der Waals surface area (Å²) in [7, 11) is 0. The van der Waals surface area contributed by atoms with Crippen molar-refractivity contribution in [2.45, 2.75) is 76.6 Å². The molecule has 1 amide bonds. The predicted octanol–water partition coefficient (Wildman–Crippen LogP) is 3.29. The number of fused-ring (bicyclic) bond motifs is 2. The summed E-state index contributed by atoms with van der Waals surface area (Å²) in [5, 5.41) is 3.67. The van der Waals surface area contributed by atoms with E-state index in [0.29, 0.717) is 18.1 Å². The second-order valence-electron chi connectivity index (χ2n) is 8.01. The number of rotatable bonds is 3. The van der Waals surface area contributed by atoms with Crippen LogP contribution in [0.25, 0.3) is 0 Å². The first kappa shape index (κ1) is 17.0. The van der Waals surface area contributed by atoms with E-state index in [9.17, 15) is 4.79 Å². The van der Waals surface area contributed by atoms with E-state index in [2.05, 4.69) is 30.4 Å². The molecule has 136 valence electrons. The van der Waals surface area contributed by atoms with E-state index in [0.717, 1.165) is 38.0 Å². The van der Waals surface area contributed by atoms with E-state index < -0.39 is 0 Å². The van der Waals surface area contributed by atoms with Gasteiger partial charge in [-0.3, -0.25) is 4.79 Å². The quantitative estimate of drug-likeness (QED) is 0.916. The van der Waals surface area contributed by atoms with Gasteiger partial charge in [0.25, 0.3) is 0 Å². The molecule has 4 heteroatoms. The summed E-state index contributed by atoms with van der Waals surface area (Å²) >= 11 is 0. The van der Waals surface area contributed by atoms with Crippen molar-refractivity contribution in [1.29, 1.82) is 0 Å². The van der Waals surface area contributed by atoms with Crippen LogP contribution in [0.15, 0.2) is 24.3 Å². The Kier molecular flexibility index (Phi) is 4.83. The SMILES string of the molecule is C[C@H](N[C@@H]1CCC[C@@H]2OCC[C@@H]21)C(=O)N1c2ccccc2CC[C@H]1C.